The van der Waals surface area contributed by atoms with Crippen LogP contribution >= 0.6 is 0 Å². The van der Waals surface area contributed by atoms with Gasteiger partial charge >= 0.3 is 5.97 Å². The van der Waals surface area contributed by atoms with Crippen LogP contribution in [0.3, 0.4) is 0 Å². The van der Waals surface area contributed by atoms with Crippen LogP contribution in [0.4, 0.5) is 0 Å². The lowest BCUT2D eigenvalue weighted by molar-refractivity contribution is -0.155. The molecule has 3 aliphatic heterocycles. The summed E-state index contributed by atoms with van der Waals surface area (Å²) in [6.07, 6.45) is 3.26. The summed E-state index contributed by atoms with van der Waals surface area (Å²) in [6, 6.07) is 15.7. The summed E-state index contributed by atoms with van der Waals surface area (Å²) in [5.74, 6) is 2.32. The summed E-state index contributed by atoms with van der Waals surface area (Å²) < 4.78 is 14.1. The Kier molecular flexibility index (Phi) is 14.4. The molecule has 14 heteroatoms. The molecule has 0 spiro atoms. The van der Waals surface area contributed by atoms with Gasteiger partial charge in [0.2, 0.25) is 11.8 Å². The third-order valence-corrected chi connectivity index (χ3v) is 13.6. The maximum Gasteiger partial charge on any atom is 0.324 e. The molecule has 2 fully saturated rings. The standard InChI is InChI=1S/C52H65N7O7.2H2/c1-11-15-44(60)58-28-32(4)40(29-58)49(62)57(9)46(31(2)3)48(61)54-42-25-34-16-12-17-35(24-34)36-20-21-43-38(26-36)39(47(56(43)8)37-18-13-22-53-45(37)33(5)65-10)27-52(6,7)30-66-51(64)41-19-14-23-59(55-41)50(42)63;;/h12-13,16-18,20-22,24,26,31-33,40-42,46,55H,14,19,23,25,27-30H2,1-10H3,(H,54,61);2*1H/t32-,33-,40+,41-,42-,46-;;/m0../s1. The fraction of sp³-hybridized carbons (Fsp3) is 0.500. The van der Waals surface area contributed by atoms with Crippen molar-refractivity contribution in [1.82, 2.24) is 35.1 Å². The van der Waals surface area contributed by atoms with Crippen LogP contribution in [0.15, 0.2) is 60.8 Å². The number of amides is 4. The first kappa shape index (κ1) is 47.9. The number of aryl methyl sites for hydroxylation is 1. The van der Waals surface area contributed by atoms with Gasteiger partial charge in [-0.25, -0.2) is 5.43 Å². The molecule has 0 radical (unpaired) electrons. The Morgan fingerprint density at radius 3 is 2.55 bits per heavy atom. The molecule has 0 saturated carbocycles. The van der Waals surface area contributed by atoms with E-state index in [4.69, 9.17) is 14.5 Å². The number of benzene rings is 2. The number of carbonyl (C=O) groups is 5. The second-order valence-corrected chi connectivity index (χ2v) is 19.5. The van der Waals surface area contributed by atoms with Crippen LogP contribution in [0.25, 0.3) is 33.3 Å². The van der Waals surface area contributed by atoms with Gasteiger partial charge in [0.25, 0.3) is 11.8 Å². The second-order valence-electron chi connectivity index (χ2n) is 19.5. The van der Waals surface area contributed by atoms with Crippen LogP contribution in [0.1, 0.15) is 87.1 Å². The van der Waals surface area contributed by atoms with E-state index in [0.717, 1.165) is 50.1 Å². The summed E-state index contributed by atoms with van der Waals surface area (Å²) in [5.41, 5.74) is 10.3. The Balaban J connectivity index is 0.00000432. The van der Waals surface area contributed by atoms with Gasteiger partial charge in [-0.2, -0.15) is 0 Å². The number of methoxy groups -OCH3 is 1. The molecule has 0 unspecified atom stereocenters. The lowest BCUT2D eigenvalue weighted by Gasteiger charge is -2.37. The highest BCUT2D eigenvalue weighted by Gasteiger charge is 2.42. The van der Waals surface area contributed by atoms with E-state index in [2.05, 4.69) is 78.4 Å². The predicted octanol–water partition coefficient (Wildman–Crippen LogP) is 6.36. The minimum absolute atomic E-state index is 0. The molecule has 7 rings (SSSR count). The highest BCUT2D eigenvalue weighted by Crippen LogP contribution is 2.41. The predicted molar refractivity (Wildman–Crippen MR) is 257 cm³/mol. The van der Waals surface area contributed by atoms with Crippen molar-refractivity contribution in [2.24, 2.45) is 30.2 Å². The Morgan fingerprint density at radius 1 is 1.06 bits per heavy atom. The van der Waals surface area contributed by atoms with E-state index in [9.17, 15) is 24.0 Å². The second kappa shape index (κ2) is 19.8. The highest BCUT2D eigenvalue weighted by atomic mass is 16.5. The van der Waals surface area contributed by atoms with E-state index in [1.807, 2.05) is 52.0 Å². The zero-order valence-electron chi connectivity index (χ0n) is 40.1. The maximum atomic E-state index is 14.7. The van der Waals surface area contributed by atoms with Gasteiger partial charge in [-0.3, -0.25) is 34.0 Å². The Morgan fingerprint density at radius 2 is 1.82 bits per heavy atom. The van der Waals surface area contributed by atoms with Crippen molar-refractivity contribution in [2.75, 3.05) is 40.4 Å². The number of nitrogens with zero attached hydrogens (tertiary/aromatic N) is 5. The molecule has 0 aliphatic carbocycles. The quantitative estimate of drug-likeness (QED) is 0.152. The van der Waals surface area contributed by atoms with Crippen molar-refractivity contribution < 1.29 is 36.3 Å². The molecule has 4 aromatic rings. The van der Waals surface area contributed by atoms with Crippen molar-refractivity contribution in [3.05, 3.63) is 77.6 Å². The Bertz CT molecular complexity index is 2580. The van der Waals surface area contributed by atoms with Crippen LogP contribution in [0, 0.1) is 35.0 Å². The van der Waals surface area contributed by atoms with Gasteiger partial charge in [0.15, 0.2) is 0 Å². The Labute approximate surface area is 391 Å². The van der Waals surface area contributed by atoms with Gasteiger partial charge < -0.3 is 29.2 Å². The summed E-state index contributed by atoms with van der Waals surface area (Å²) in [7, 11) is 5.36. The Hall–Kier alpha value is -6.04. The first-order valence-corrected chi connectivity index (χ1v) is 23.1. The van der Waals surface area contributed by atoms with Gasteiger partial charge in [-0.1, -0.05) is 70.9 Å². The molecule has 2 aromatic carbocycles. The topological polar surface area (TPSA) is 155 Å². The summed E-state index contributed by atoms with van der Waals surface area (Å²) in [4.78, 5) is 77.8. The number of cyclic esters (lactones) is 1. The monoisotopic (exact) mass is 904 g/mol. The number of likely N-dealkylation sites (tertiary alicyclic amines) is 1. The number of rotatable bonds is 8. The first-order valence-electron chi connectivity index (χ1n) is 23.1. The maximum absolute atomic E-state index is 14.7. The van der Waals surface area contributed by atoms with Crippen molar-refractivity contribution in [3.63, 3.8) is 0 Å². The van der Waals surface area contributed by atoms with Gasteiger partial charge in [0.1, 0.15) is 18.1 Å². The molecular formula is C52H69N7O7. The molecule has 5 heterocycles. The van der Waals surface area contributed by atoms with Crippen molar-refractivity contribution in [3.8, 4) is 34.2 Å². The fourth-order valence-electron chi connectivity index (χ4n) is 10.0. The molecule has 3 aliphatic rings. The van der Waals surface area contributed by atoms with Crippen LogP contribution in [-0.4, -0.2) is 112 Å². The molecule has 6 atom stereocenters. The van der Waals surface area contributed by atoms with E-state index in [1.54, 1.807) is 32.2 Å². The van der Waals surface area contributed by atoms with E-state index >= 15 is 0 Å². The molecule has 14 nitrogen and oxygen atoms in total. The molecule has 6 bridgehead atoms. The number of esters is 1. The normalized spacial score (nSPS) is 21.9. The number of pyridine rings is 1. The van der Waals surface area contributed by atoms with Crippen molar-refractivity contribution >= 4 is 40.5 Å². The molecule has 4 amide bonds. The van der Waals surface area contributed by atoms with Gasteiger partial charge in [0, 0.05) is 78.2 Å². The van der Waals surface area contributed by atoms with Crippen LogP contribution in [0.5, 0.6) is 0 Å². The number of aromatic nitrogens is 2. The smallest absolute Gasteiger partial charge is 0.324 e. The number of fused-ring (bicyclic) bond motifs is 6. The number of ether oxygens (including phenoxy) is 2. The summed E-state index contributed by atoms with van der Waals surface area (Å²) in [5, 5.41) is 5.56. The first-order chi connectivity index (χ1) is 31.4. The SMILES string of the molecule is CC#CC(=O)N1C[C@H](C)[C@H](C(=O)N(C)[C@H](C(=O)N[C@H]2Cc3cccc(c3)-c3ccc4c(c3)c(c(-c3cccnc3[C@H](C)OC)n4C)CC(C)(C)COC(=O)[C@@H]3CCCN(N3)C2=O)C(C)C)C1.[HH].[HH]. The highest BCUT2D eigenvalue weighted by molar-refractivity contribution is 5.97. The zero-order chi connectivity index (χ0) is 47.6. The fourth-order valence-corrected chi connectivity index (χ4v) is 10.0. The van der Waals surface area contributed by atoms with Crippen LogP contribution in [-0.2, 0) is 53.3 Å². The minimum atomic E-state index is -1.06. The largest absolute Gasteiger partial charge is 0.464 e. The van der Waals surface area contributed by atoms with Crippen LogP contribution in [0.2, 0.25) is 0 Å². The van der Waals surface area contributed by atoms with Gasteiger partial charge in [-0.15, -0.1) is 0 Å². The zero-order valence-corrected chi connectivity index (χ0v) is 40.1. The van der Waals surface area contributed by atoms with Gasteiger partial charge in [-0.05, 0) is 97.4 Å². The number of hydrazine groups is 1. The van der Waals surface area contributed by atoms with E-state index < -0.39 is 47.2 Å². The lowest BCUT2D eigenvalue weighted by Crippen LogP contribution is -2.62. The molecule has 354 valence electrons. The van der Waals surface area contributed by atoms with Crippen LogP contribution < -0.4 is 10.7 Å². The van der Waals surface area contributed by atoms with E-state index in [1.165, 1.54) is 9.91 Å². The van der Waals surface area contributed by atoms with Gasteiger partial charge in [0.05, 0.1) is 30.0 Å². The molecule has 66 heavy (non-hydrogen) atoms. The van der Waals surface area contributed by atoms with E-state index in [0.29, 0.717) is 32.4 Å². The third kappa shape index (κ3) is 9.88. The lowest BCUT2D eigenvalue weighted by atomic mass is 9.84. The van der Waals surface area contributed by atoms with Crippen molar-refractivity contribution in [2.45, 2.75) is 98.4 Å². The summed E-state index contributed by atoms with van der Waals surface area (Å²) in [6.45, 7) is 14.5. The average Bonchev–Trinajstić information content (AvgIpc) is 3.82. The molecular weight excluding hydrogens is 835 g/mol. The van der Waals surface area contributed by atoms with E-state index in [-0.39, 0.29) is 52.2 Å². The average molecular weight is 904 g/mol. The number of nitrogens with one attached hydrogen (secondary N) is 2. The van der Waals surface area contributed by atoms with Crippen molar-refractivity contribution in [1.29, 1.82) is 0 Å². The third-order valence-electron chi connectivity index (χ3n) is 13.6. The molecule has 2 N–H and O–H groups in total. The number of hydrogen-bond donors (Lipinski definition) is 2. The molecule has 2 aromatic heterocycles. The minimum Gasteiger partial charge on any atom is -0.464 e. The number of likely N-dealkylation sites (N-methyl/N-ethyl adjacent to an activating group) is 1. The molecule has 2 saturated heterocycles. The number of carbonyl (C=O) groups excluding carboxylic acids is 5. The summed E-state index contributed by atoms with van der Waals surface area (Å²) >= 11 is 0. The number of hydrogen-bond acceptors (Lipinski definition) is 9.